The number of nitrogens with zero attached hydrogens (tertiary/aromatic N) is 2. The van der Waals surface area contributed by atoms with Gasteiger partial charge in [0.05, 0.1) is 16.6 Å². The summed E-state index contributed by atoms with van der Waals surface area (Å²) in [5.41, 5.74) is 2.50. The van der Waals surface area contributed by atoms with Crippen LogP contribution < -0.4 is 4.74 Å². The van der Waals surface area contributed by atoms with E-state index in [1.54, 1.807) is 54.6 Å². The monoisotopic (exact) mass is 374 g/mol. The van der Waals surface area contributed by atoms with E-state index in [1.165, 1.54) is 24.3 Å². The van der Waals surface area contributed by atoms with E-state index in [2.05, 4.69) is 6.07 Å². The third-order valence-electron chi connectivity index (χ3n) is 4.00. The molecule has 0 saturated heterocycles. The van der Waals surface area contributed by atoms with Crippen LogP contribution in [0, 0.1) is 27.3 Å². The first-order valence-electron chi connectivity index (χ1n) is 8.39. The van der Waals surface area contributed by atoms with Gasteiger partial charge in [-0.1, -0.05) is 24.3 Å². The highest BCUT2D eigenvalue weighted by Gasteiger charge is 2.05. The predicted molar refractivity (Wildman–Crippen MR) is 104 cm³/mol. The van der Waals surface area contributed by atoms with Crippen LogP contribution in [0.3, 0.4) is 0 Å². The van der Waals surface area contributed by atoms with E-state index < -0.39 is 10.7 Å². The van der Waals surface area contributed by atoms with Gasteiger partial charge in [0.15, 0.2) is 0 Å². The Morgan fingerprint density at radius 1 is 1.11 bits per heavy atom. The van der Waals surface area contributed by atoms with E-state index in [4.69, 9.17) is 4.74 Å². The molecule has 138 valence electrons. The standard InChI is InChI=1S/C22H15FN2O3/c23-20-3-1-2-18(13-20)19(14-24)12-16-6-10-22(11-7-16)28-15-17-4-8-21(9-5-17)25(26)27/h1-13H,15H2. The van der Waals surface area contributed by atoms with Crippen LogP contribution in [0.5, 0.6) is 5.75 Å². The van der Waals surface area contributed by atoms with Crippen LogP contribution >= 0.6 is 0 Å². The number of nitriles is 1. The normalized spacial score (nSPS) is 10.9. The van der Waals surface area contributed by atoms with Crippen molar-refractivity contribution in [1.29, 1.82) is 5.26 Å². The number of allylic oxidation sites excluding steroid dienone is 1. The Balaban J connectivity index is 1.67. The molecule has 0 amide bonds. The van der Waals surface area contributed by atoms with Gasteiger partial charge in [0.25, 0.3) is 5.69 Å². The van der Waals surface area contributed by atoms with Crippen molar-refractivity contribution in [3.8, 4) is 11.8 Å². The molecule has 0 aliphatic carbocycles. The summed E-state index contributed by atoms with van der Waals surface area (Å²) in [5.74, 6) is 0.230. The Kier molecular flexibility index (Phi) is 5.78. The summed E-state index contributed by atoms with van der Waals surface area (Å²) < 4.78 is 19.0. The summed E-state index contributed by atoms with van der Waals surface area (Å²) in [6.45, 7) is 0.278. The number of halogens is 1. The van der Waals surface area contributed by atoms with Crippen molar-refractivity contribution in [2.75, 3.05) is 0 Å². The molecule has 3 aromatic rings. The lowest BCUT2D eigenvalue weighted by atomic mass is 10.0. The number of ether oxygens (including phenoxy) is 1. The van der Waals surface area contributed by atoms with Gasteiger partial charge in [0.2, 0.25) is 0 Å². The highest BCUT2D eigenvalue weighted by Crippen LogP contribution is 2.21. The predicted octanol–water partition coefficient (Wildman–Crippen LogP) is 5.38. The van der Waals surface area contributed by atoms with Crippen LogP contribution in [0.2, 0.25) is 0 Å². The zero-order valence-corrected chi connectivity index (χ0v) is 14.7. The highest BCUT2D eigenvalue weighted by atomic mass is 19.1. The third kappa shape index (κ3) is 4.80. The molecule has 3 aromatic carbocycles. The van der Waals surface area contributed by atoms with E-state index in [9.17, 15) is 19.8 Å². The molecule has 0 bridgehead atoms. The smallest absolute Gasteiger partial charge is 0.269 e. The van der Waals surface area contributed by atoms with Crippen LogP contribution in [-0.2, 0) is 6.61 Å². The summed E-state index contributed by atoms with van der Waals surface area (Å²) in [5, 5.41) is 20.0. The minimum atomic E-state index is -0.448. The SMILES string of the molecule is N#CC(=Cc1ccc(OCc2ccc([N+](=O)[O-])cc2)cc1)c1cccc(F)c1. The molecule has 0 unspecified atom stereocenters. The molecule has 0 saturated carbocycles. The summed E-state index contributed by atoms with van der Waals surface area (Å²) in [6, 6.07) is 21.2. The quantitative estimate of drug-likeness (QED) is 0.251. The Morgan fingerprint density at radius 3 is 2.43 bits per heavy atom. The molecule has 28 heavy (non-hydrogen) atoms. The second kappa shape index (κ2) is 8.60. The van der Waals surface area contributed by atoms with Gasteiger partial charge in [0, 0.05) is 12.1 Å². The molecule has 0 aliphatic rings. The number of nitro groups is 1. The van der Waals surface area contributed by atoms with Crippen molar-refractivity contribution in [2.45, 2.75) is 6.61 Å². The molecule has 0 spiro atoms. The molecule has 0 heterocycles. The molecule has 0 radical (unpaired) electrons. The summed E-state index contributed by atoms with van der Waals surface area (Å²) in [4.78, 5) is 10.2. The van der Waals surface area contributed by atoms with E-state index >= 15 is 0 Å². The molecule has 0 fully saturated rings. The molecular formula is C22H15FN2O3. The molecule has 3 rings (SSSR count). The van der Waals surface area contributed by atoms with Crippen LogP contribution in [0.4, 0.5) is 10.1 Å². The van der Waals surface area contributed by atoms with Crippen molar-refractivity contribution >= 4 is 17.3 Å². The van der Waals surface area contributed by atoms with E-state index in [1.807, 2.05) is 0 Å². The Labute approximate surface area is 161 Å². The second-order valence-corrected chi connectivity index (χ2v) is 5.96. The number of rotatable bonds is 6. The lowest BCUT2D eigenvalue weighted by Crippen LogP contribution is -1.96. The van der Waals surface area contributed by atoms with Gasteiger partial charge in [-0.2, -0.15) is 5.26 Å². The molecule has 0 N–H and O–H groups in total. The first kappa shape index (κ1) is 18.8. The molecule has 5 nitrogen and oxygen atoms in total. The number of nitro benzene ring substituents is 1. The third-order valence-corrected chi connectivity index (χ3v) is 4.00. The van der Waals surface area contributed by atoms with Gasteiger partial charge < -0.3 is 4.74 Å². The molecule has 0 aliphatic heterocycles. The fourth-order valence-electron chi connectivity index (χ4n) is 2.54. The van der Waals surface area contributed by atoms with Gasteiger partial charge in [-0.25, -0.2) is 4.39 Å². The maximum atomic E-state index is 13.4. The van der Waals surface area contributed by atoms with E-state index in [0.29, 0.717) is 16.9 Å². The van der Waals surface area contributed by atoms with Crippen LogP contribution in [0.25, 0.3) is 11.6 Å². The average molecular weight is 374 g/mol. The first-order chi connectivity index (χ1) is 13.5. The Bertz CT molecular complexity index is 1050. The second-order valence-electron chi connectivity index (χ2n) is 5.96. The highest BCUT2D eigenvalue weighted by molar-refractivity contribution is 5.89. The average Bonchev–Trinajstić information content (AvgIpc) is 2.71. The topological polar surface area (TPSA) is 76.2 Å². The maximum absolute atomic E-state index is 13.4. The maximum Gasteiger partial charge on any atom is 0.269 e. The summed E-state index contributed by atoms with van der Waals surface area (Å²) in [6.07, 6.45) is 1.68. The van der Waals surface area contributed by atoms with Gasteiger partial charge in [-0.15, -0.1) is 0 Å². The molecule has 6 heteroatoms. The van der Waals surface area contributed by atoms with Crippen LogP contribution in [0.15, 0.2) is 72.8 Å². The van der Waals surface area contributed by atoms with Crippen molar-refractivity contribution in [3.05, 3.63) is 105 Å². The van der Waals surface area contributed by atoms with Gasteiger partial charge in [-0.05, 0) is 59.2 Å². The van der Waals surface area contributed by atoms with Crippen LogP contribution in [-0.4, -0.2) is 4.92 Å². The Hall–Kier alpha value is -3.98. The number of hydrogen-bond acceptors (Lipinski definition) is 4. The fourth-order valence-corrected chi connectivity index (χ4v) is 2.54. The van der Waals surface area contributed by atoms with Crippen LogP contribution in [0.1, 0.15) is 16.7 Å². The zero-order valence-electron chi connectivity index (χ0n) is 14.7. The first-order valence-corrected chi connectivity index (χ1v) is 8.39. The molecule has 0 atom stereocenters. The molecular weight excluding hydrogens is 359 g/mol. The van der Waals surface area contributed by atoms with Crippen molar-refractivity contribution in [2.24, 2.45) is 0 Å². The Morgan fingerprint density at radius 2 is 1.82 bits per heavy atom. The largest absolute Gasteiger partial charge is 0.489 e. The number of non-ortho nitro benzene ring substituents is 1. The molecule has 0 aromatic heterocycles. The van der Waals surface area contributed by atoms with Gasteiger partial charge in [-0.3, -0.25) is 10.1 Å². The number of hydrogen-bond donors (Lipinski definition) is 0. The van der Waals surface area contributed by atoms with Gasteiger partial charge >= 0.3 is 0 Å². The lowest BCUT2D eigenvalue weighted by Gasteiger charge is -2.07. The van der Waals surface area contributed by atoms with E-state index in [0.717, 1.165) is 11.1 Å². The summed E-state index contributed by atoms with van der Waals surface area (Å²) >= 11 is 0. The minimum Gasteiger partial charge on any atom is -0.489 e. The van der Waals surface area contributed by atoms with Crippen molar-refractivity contribution < 1.29 is 14.1 Å². The zero-order chi connectivity index (χ0) is 19.9. The summed E-state index contributed by atoms with van der Waals surface area (Å²) in [7, 11) is 0. The van der Waals surface area contributed by atoms with Crippen molar-refractivity contribution in [1.82, 2.24) is 0 Å². The van der Waals surface area contributed by atoms with Gasteiger partial charge in [0.1, 0.15) is 18.2 Å². The fraction of sp³-hybridized carbons (Fsp3) is 0.0455. The lowest BCUT2D eigenvalue weighted by molar-refractivity contribution is -0.384. The number of benzene rings is 3. The van der Waals surface area contributed by atoms with Crippen molar-refractivity contribution in [3.63, 3.8) is 0 Å². The minimum absolute atomic E-state index is 0.0338. The van der Waals surface area contributed by atoms with E-state index in [-0.39, 0.29) is 12.3 Å².